The molecule has 0 heterocycles. The van der Waals surface area contributed by atoms with E-state index in [9.17, 15) is 5.11 Å². The predicted octanol–water partition coefficient (Wildman–Crippen LogP) is 7.20. The summed E-state index contributed by atoms with van der Waals surface area (Å²) in [5, 5.41) is 12.8. The van der Waals surface area contributed by atoms with Crippen LogP contribution in [0.4, 0.5) is 0 Å². The van der Waals surface area contributed by atoms with E-state index in [-0.39, 0.29) is 5.04 Å². The van der Waals surface area contributed by atoms with E-state index >= 15 is 0 Å². The second-order valence-corrected chi connectivity index (χ2v) is 15.9. The zero-order valence-electron chi connectivity index (χ0n) is 24.5. The van der Waals surface area contributed by atoms with Crippen molar-refractivity contribution >= 4 is 19.7 Å². The zero-order chi connectivity index (χ0) is 28.8. The maximum Gasteiger partial charge on any atom is 0.203 e. The van der Waals surface area contributed by atoms with Crippen LogP contribution in [0.15, 0.2) is 66.7 Å². The van der Waals surface area contributed by atoms with Gasteiger partial charge in [0.25, 0.3) is 0 Å². The number of hydrogen-bond donors (Lipinski definition) is 1. The first-order valence-electron chi connectivity index (χ1n) is 12.9. The highest BCUT2D eigenvalue weighted by atomic mass is 28.3. The Hall–Kier alpha value is -3.66. The molecule has 0 saturated carbocycles. The fourth-order valence-corrected chi connectivity index (χ4v) is 4.77. The lowest BCUT2D eigenvalue weighted by Crippen LogP contribution is -2.37. The molecular weight excluding hydrogens is 504 g/mol. The van der Waals surface area contributed by atoms with Gasteiger partial charge < -0.3 is 24.1 Å². The molecular formula is C33H40O5Si. The van der Waals surface area contributed by atoms with Gasteiger partial charge in [0.05, 0.1) is 28.4 Å². The highest BCUT2D eigenvalue weighted by Gasteiger charge is 2.38. The summed E-state index contributed by atoms with van der Waals surface area (Å²) in [6.45, 7) is 11.1. The monoisotopic (exact) mass is 544 g/mol. The first-order valence-corrected chi connectivity index (χ1v) is 15.9. The second kappa shape index (κ2) is 12.0. The van der Waals surface area contributed by atoms with Crippen LogP contribution in [0.25, 0.3) is 11.6 Å². The molecule has 1 N–H and O–H groups in total. The Kier molecular flexibility index (Phi) is 9.21. The van der Waals surface area contributed by atoms with Gasteiger partial charge in [-0.2, -0.15) is 0 Å². The first kappa shape index (κ1) is 29.9. The molecule has 206 valence electrons. The molecule has 3 aromatic carbocycles. The normalized spacial score (nSPS) is 13.5. The van der Waals surface area contributed by atoms with Crippen molar-refractivity contribution < 1.29 is 24.1 Å². The molecule has 0 bridgehead atoms. The number of hydrogen-bond acceptors (Lipinski definition) is 5. The summed E-state index contributed by atoms with van der Waals surface area (Å²) in [6.07, 6.45) is 1.98. The molecule has 3 aromatic rings. The Morgan fingerprint density at radius 3 is 1.82 bits per heavy atom. The fraction of sp³-hybridized carbons (Fsp3) is 0.333. The van der Waals surface area contributed by atoms with Crippen LogP contribution < -0.4 is 18.9 Å². The summed E-state index contributed by atoms with van der Waals surface area (Å²) < 4.78 is 22.3. The van der Waals surface area contributed by atoms with Crippen LogP contribution >= 0.6 is 0 Å². The Balaban J connectivity index is 2.44. The van der Waals surface area contributed by atoms with E-state index in [2.05, 4.69) is 45.3 Å². The first-order chi connectivity index (χ1) is 18.4. The van der Waals surface area contributed by atoms with Crippen molar-refractivity contribution in [2.75, 3.05) is 28.4 Å². The minimum absolute atomic E-state index is 0.000378. The van der Waals surface area contributed by atoms with E-state index in [1.165, 1.54) is 0 Å². The topological polar surface area (TPSA) is 57.2 Å². The summed E-state index contributed by atoms with van der Waals surface area (Å²) in [5.74, 6) is 5.41. The van der Waals surface area contributed by atoms with Gasteiger partial charge in [0.15, 0.2) is 17.1 Å². The molecule has 39 heavy (non-hydrogen) atoms. The fourth-order valence-electron chi connectivity index (χ4n) is 3.90. The zero-order valence-corrected chi connectivity index (χ0v) is 25.5. The van der Waals surface area contributed by atoms with Gasteiger partial charge >= 0.3 is 0 Å². The minimum Gasteiger partial charge on any atom is -0.497 e. The molecule has 0 fully saturated rings. The smallest absolute Gasteiger partial charge is 0.203 e. The van der Waals surface area contributed by atoms with Gasteiger partial charge in [0, 0.05) is 11.1 Å². The average Bonchev–Trinajstić information content (AvgIpc) is 2.93. The molecule has 3 rings (SSSR count). The van der Waals surface area contributed by atoms with Crippen molar-refractivity contribution in [2.24, 2.45) is 0 Å². The van der Waals surface area contributed by atoms with E-state index in [0.29, 0.717) is 28.4 Å². The van der Waals surface area contributed by atoms with Crippen molar-refractivity contribution in [3.8, 4) is 34.5 Å². The third-order valence-corrected chi connectivity index (χ3v) is 11.9. The third kappa shape index (κ3) is 6.50. The van der Waals surface area contributed by atoms with Gasteiger partial charge in [-0.15, -0.1) is 5.54 Å². The largest absolute Gasteiger partial charge is 0.497 e. The molecule has 0 radical (unpaired) electrons. The summed E-state index contributed by atoms with van der Waals surface area (Å²) in [4.78, 5) is 0. The van der Waals surface area contributed by atoms with E-state index in [0.717, 1.165) is 16.9 Å². The number of benzene rings is 3. The summed E-state index contributed by atoms with van der Waals surface area (Å²) in [7, 11) is 4.19. The average molecular weight is 545 g/mol. The van der Waals surface area contributed by atoms with E-state index in [1.54, 1.807) is 40.6 Å². The summed E-state index contributed by atoms with van der Waals surface area (Å²) in [6, 6.07) is 21.1. The van der Waals surface area contributed by atoms with E-state index < -0.39 is 13.7 Å². The van der Waals surface area contributed by atoms with Crippen LogP contribution in [0, 0.1) is 11.5 Å². The molecule has 0 aliphatic carbocycles. The maximum atomic E-state index is 12.8. The highest BCUT2D eigenvalue weighted by molar-refractivity contribution is 6.87. The van der Waals surface area contributed by atoms with Crippen LogP contribution in [0.2, 0.25) is 18.1 Å². The van der Waals surface area contributed by atoms with Crippen molar-refractivity contribution in [3.63, 3.8) is 0 Å². The lowest BCUT2D eigenvalue weighted by atomic mass is 9.81. The lowest BCUT2D eigenvalue weighted by Gasteiger charge is -2.33. The van der Waals surface area contributed by atoms with Crippen LogP contribution in [0.3, 0.4) is 0 Å². The van der Waals surface area contributed by atoms with Gasteiger partial charge in [-0.25, -0.2) is 0 Å². The molecule has 0 aromatic heterocycles. The van der Waals surface area contributed by atoms with Gasteiger partial charge in [0.1, 0.15) is 13.8 Å². The Labute approximate surface area is 234 Å². The Bertz CT molecular complexity index is 1330. The number of ether oxygens (including phenoxy) is 4. The lowest BCUT2D eigenvalue weighted by molar-refractivity contribution is 0.164. The maximum absolute atomic E-state index is 12.8. The van der Waals surface area contributed by atoms with Crippen molar-refractivity contribution in [1.29, 1.82) is 0 Å². The molecule has 6 heteroatoms. The third-order valence-electron chi connectivity index (χ3n) is 7.41. The molecule has 5 nitrogen and oxygen atoms in total. The van der Waals surface area contributed by atoms with Gasteiger partial charge in [-0.3, -0.25) is 0 Å². The molecule has 0 aliphatic rings. The molecule has 0 amide bonds. The summed E-state index contributed by atoms with van der Waals surface area (Å²) >= 11 is 0. The van der Waals surface area contributed by atoms with Crippen LogP contribution in [0.5, 0.6) is 23.0 Å². The molecule has 0 saturated heterocycles. The van der Waals surface area contributed by atoms with Crippen molar-refractivity contribution in [1.82, 2.24) is 0 Å². The van der Waals surface area contributed by atoms with Crippen LogP contribution in [-0.4, -0.2) is 41.6 Å². The molecule has 0 spiro atoms. The Morgan fingerprint density at radius 1 is 0.795 bits per heavy atom. The molecule has 1 atom stereocenters. The van der Waals surface area contributed by atoms with Gasteiger partial charge in [-0.1, -0.05) is 82.3 Å². The number of rotatable bonds is 8. The highest BCUT2D eigenvalue weighted by Crippen LogP contribution is 2.46. The van der Waals surface area contributed by atoms with E-state index in [1.807, 2.05) is 60.7 Å². The SMILES string of the molecule is COc1ccc(/C(=C\c2ccccc2)C(O)(C#C[Si](C)(C)C(C)(C)C)c2cc(OC)c(OC)c(OC)c2)cc1. The second-order valence-electron chi connectivity index (χ2n) is 10.9. The molecule has 0 aliphatic heterocycles. The van der Waals surface area contributed by atoms with E-state index in [4.69, 9.17) is 18.9 Å². The number of aliphatic hydroxyl groups is 1. The van der Waals surface area contributed by atoms with Gasteiger partial charge in [-0.05, 0) is 46.5 Å². The van der Waals surface area contributed by atoms with Crippen molar-refractivity contribution in [3.05, 3.63) is 83.4 Å². The van der Waals surface area contributed by atoms with Crippen molar-refractivity contribution in [2.45, 2.75) is 44.5 Å². The van der Waals surface area contributed by atoms with Gasteiger partial charge in [0.2, 0.25) is 5.75 Å². The van der Waals surface area contributed by atoms with Crippen LogP contribution in [0.1, 0.15) is 37.5 Å². The Morgan fingerprint density at radius 2 is 1.36 bits per heavy atom. The quantitative estimate of drug-likeness (QED) is 0.185. The summed E-state index contributed by atoms with van der Waals surface area (Å²) in [5.41, 5.74) is 4.72. The standard InChI is InChI=1S/C33H40O5Si/c1-32(2,3)39(8,9)20-19-33(34,26-22-29(36-5)31(38-7)30(23-26)37-6)28(21-24-13-11-10-12-14-24)25-15-17-27(35-4)18-16-25/h10-18,21-23,34H,1-9H3/b28-21+. The number of methoxy groups -OCH3 is 4. The minimum atomic E-state index is -2.12. The molecule has 1 unspecified atom stereocenters. The van der Waals surface area contributed by atoms with Crippen LogP contribution in [-0.2, 0) is 5.60 Å². The predicted molar refractivity (Wildman–Crippen MR) is 162 cm³/mol.